The summed E-state index contributed by atoms with van der Waals surface area (Å²) in [6.07, 6.45) is 1.92. The lowest BCUT2D eigenvalue weighted by atomic mass is 9.95. The minimum atomic E-state index is -0.337. The van der Waals surface area contributed by atoms with Crippen molar-refractivity contribution in [1.29, 1.82) is 0 Å². The Morgan fingerprint density at radius 3 is 2.70 bits per heavy atom. The van der Waals surface area contributed by atoms with E-state index in [-0.39, 0.29) is 29.8 Å². The Bertz CT molecular complexity index is 506. The van der Waals surface area contributed by atoms with Gasteiger partial charge in [-0.2, -0.15) is 0 Å². The van der Waals surface area contributed by atoms with Gasteiger partial charge in [-0.15, -0.1) is 11.3 Å². The van der Waals surface area contributed by atoms with Crippen LogP contribution in [0.25, 0.3) is 0 Å². The molecule has 1 fully saturated rings. The Hall–Kier alpha value is -1.40. The SMILES string of the molecule is CC(C)(CO)CNC(=O)c1ccc(NC(=O)C2CC2)s1. The molecule has 3 N–H and O–H groups in total. The molecular formula is C14H20N2O3S. The number of anilines is 1. The van der Waals surface area contributed by atoms with Crippen LogP contribution in [0.15, 0.2) is 12.1 Å². The molecular weight excluding hydrogens is 276 g/mol. The van der Waals surface area contributed by atoms with Gasteiger partial charge in [0.1, 0.15) is 0 Å². The van der Waals surface area contributed by atoms with Crippen molar-refractivity contribution in [3.05, 3.63) is 17.0 Å². The first-order chi connectivity index (χ1) is 9.41. The second kappa shape index (κ2) is 5.93. The Kier molecular flexibility index (Phi) is 4.45. The smallest absolute Gasteiger partial charge is 0.261 e. The highest BCUT2D eigenvalue weighted by Crippen LogP contribution is 2.31. The first kappa shape index (κ1) is 15.0. The lowest BCUT2D eigenvalue weighted by Gasteiger charge is -2.21. The number of amides is 2. The van der Waals surface area contributed by atoms with Gasteiger partial charge in [0.25, 0.3) is 5.91 Å². The number of aliphatic hydroxyl groups is 1. The highest BCUT2D eigenvalue weighted by molar-refractivity contribution is 7.18. The van der Waals surface area contributed by atoms with Crippen LogP contribution in [0.3, 0.4) is 0 Å². The number of hydrogen-bond donors (Lipinski definition) is 3. The molecule has 0 atom stereocenters. The zero-order valence-electron chi connectivity index (χ0n) is 11.7. The van der Waals surface area contributed by atoms with Gasteiger partial charge in [-0.1, -0.05) is 13.8 Å². The summed E-state index contributed by atoms with van der Waals surface area (Å²) < 4.78 is 0. The molecule has 20 heavy (non-hydrogen) atoms. The van der Waals surface area contributed by atoms with E-state index in [2.05, 4.69) is 10.6 Å². The molecule has 0 aromatic carbocycles. The van der Waals surface area contributed by atoms with E-state index in [4.69, 9.17) is 5.11 Å². The average Bonchev–Trinajstić information content (AvgIpc) is 3.17. The van der Waals surface area contributed by atoms with E-state index >= 15 is 0 Å². The molecule has 1 saturated carbocycles. The van der Waals surface area contributed by atoms with Crippen LogP contribution in [-0.2, 0) is 4.79 Å². The quantitative estimate of drug-likeness (QED) is 0.749. The third-order valence-electron chi connectivity index (χ3n) is 3.18. The van der Waals surface area contributed by atoms with Crippen LogP contribution in [0.5, 0.6) is 0 Å². The number of rotatable bonds is 6. The van der Waals surface area contributed by atoms with Crippen LogP contribution in [0.4, 0.5) is 5.00 Å². The molecule has 2 rings (SSSR count). The van der Waals surface area contributed by atoms with Crippen LogP contribution in [-0.4, -0.2) is 30.1 Å². The van der Waals surface area contributed by atoms with E-state index in [9.17, 15) is 9.59 Å². The van der Waals surface area contributed by atoms with Gasteiger partial charge in [0.2, 0.25) is 5.91 Å². The molecule has 1 aliphatic carbocycles. The summed E-state index contributed by atoms with van der Waals surface area (Å²) >= 11 is 1.27. The van der Waals surface area contributed by atoms with E-state index < -0.39 is 0 Å². The van der Waals surface area contributed by atoms with Crippen molar-refractivity contribution in [1.82, 2.24) is 5.32 Å². The third-order valence-corrected chi connectivity index (χ3v) is 4.18. The maximum atomic E-state index is 12.0. The number of hydrogen-bond acceptors (Lipinski definition) is 4. The second-order valence-corrected chi connectivity index (χ2v) is 7.02. The molecule has 0 saturated heterocycles. The molecule has 0 radical (unpaired) electrons. The van der Waals surface area contributed by atoms with Gasteiger partial charge >= 0.3 is 0 Å². The van der Waals surface area contributed by atoms with E-state index in [1.54, 1.807) is 12.1 Å². The highest BCUT2D eigenvalue weighted by Gasteiger charge is 2.30. The maximum Gasteiger partial charge on any atom is 0.261 e. The van der Waals surface area contributed by atoms with E-state index in [1.165, 1.54) is 11.3 Å². The lowest BCUT2D eigenvalue weighted by molar-refractivity contribution is -0.117. The van der Waals surface area contributed by atoms with Crippen LogP contribution < -0.4 is 10.6 Å². The minimum Gasteiger partial charge on any atom is -0.396 e. The molecule has 2 amide bonds. The minimum absolute atomic E-state index is 0.0143. The molecule has 0 spiro atoms. The largest absolute Gasteiger partial charge is 0.396 e. The molecule has 110 valence electrons. The summed E-state index contributed by atoms with van der Waals surface area (Å²) in [6, 6.07) is 3.45. The number of nitrogens with one attached hydrogen (secondary N) is 2. The van der Waals surface area contributed by atoms with Gasteiger partial charge in [0, 0.05) is 24.5 Å². The third kappa shape index (κ3) is 4.05. The molecule has 0 aliphatic heterocycles. The molecule has 1 heterocycles. The van der Waals surface area contributed by atoms with Crippen LogP contribution in [0, 0.1) is 11.3 Å². The van der Waals surface area contributed by atoms with Crippen LogP contribution >= 0.6 is 11.3 Å². The Balaban J connectivity index is 1.87. The van der Waals surface area contributed by atoms with Crippen molar-refractivity contribution in [2.24, 2.45) is 11.3 Å². The monoisotopic (exact) mass is 296 g/mol. The summed E-state index contributed by atoms with van der Waals surface area (Å²) in [6.45, 7) is 4.18. The van der Waals surface area contributed by atoms with Crippen LogP contribution in [0.1, 0.15) is 36.4 Å². The maximum absolute atomic E-state index is 12.0. The van der Waals surface area contributed by atoms with Gasteiger partial charge in [-0.05, 0) is 25.0 Å². The fraction of sp³-hybridized carbons (Fsp3) is 0.571. The standard InChI is InChI=1S/C14H20N2O3S/c1-14(2,8-17)7-15-13(19)10-5-6-11(20-10)16-12(18)9-3-4-9/h5-6,9,17H,3-4,7-8H2,1-2H3,(H,15,19)(H,16,18). The molecule has 1 aliphatic rings. The summed E-state index contributed by atoms with van der Waals surface area (Å²) in [5.41, 5.74) is -0.337. The number of aliphatic hydroxyl groups excluding tert-OH is 1. The zero-order valence-corrected chi connectivity index (χ0v) is 12.5. The van der Waals surface area contributed by atoms with Gasteiger partial charge in [-0.3, -0.25) is 9.59 Å². The topological polar surface area (TPSA) is 78.4 Å². The molecule has 6 heteroatoms. The zero-order chi connectivity index (χ0) is 14.8. The molecule has 1 aromatic rings. The van der Waals surface area contributed by atoms with E-state index in [0.717, 1.165) is 12.8 Å². The highest BCUT2D eigenvalue weighted by atomic mass is 32.1. The van der Waals surface area contributed by atoms with Gasteiger partial charge in [0.05, 0.1) is 9.88 Å². The Morgan fingerprint density at radius 2 is 2.10 bits per heavy atom. The first-order valence-corrected chi connectivity index (χ1v) is 7.53. The van der Waals surface area contributed by atoms with Gasteiger partial charge in [-0.25, -0.2) is 0 Å². The summed E-state index contributed by atoms with van der Waals surface area (Å²) in [7, 11) is 0. The summed E-state index contributed by atoms with van der Waals surface area (Å²) in [4.78, 5) is 24.1. The summed E-state index contributed by atoms with van der Waals surface area (Å²) in [5, 5.41) is 15.5. The predicted molar refractivity (Wildman–Crippen MR) is 78.9 cm³/mol. The van der Waals surface area contributed by atoms with Crippen molar-refractivity contribution in [2.75, 3.05) is 18.5 Å². The molecule has 5 nitrogen and oxygen atoms in total. The molecule has 0 unspecified atom stereocenters. The average molecular weight is 296 g/mol. The van der Waals surface area contributed by atoms with Crippen molar-refractivity contribution in [3.8, 4) is 0 Å². The normalized spacial score (nSPS) is 14.9. The number of thiophene rings is 1. The first-order valence-electron chi connectivity index (χ1n) is 6.71. The number of carbonyl (C=O) groups excluding carboxylic acids is 2. The number of carbonyl (C=O) groups is 2. The fourth-order valence-electron chi connectivity index (χ4n) is 1.56. The fourth-order valence-corrected chi connectivity index (χ4v) is 2.38. The van der Waals surface area contributed by atoms with Crippen molar-refractivity contribution >= 4 is 28.2 Å². The van der Waals surface area contributed by atoms with E-state index in [1.807, 2.05) is 13.8 Å². The van der Waals surface area contributed by atoms with Crippen molar-refractivity contribution in [2.45, 2.75) is 26.7 Å². The Labute approximate surface area is 122 Å². The second-order valence-electron chi connectivity index (χ2n) is 5.93. The van der Waals surface area contributed by atoms with Gasteiger partial charge < -0.3 is 15.7 Å². The van der Waals surface area contributed by atoms with Crippen LogP contribution in [0.2, 0.25) is 0 Å². The Morgan fingerprint density at radius 1 is 1.40 bits per heavy atom. The van der Waals surface area contributed by atoms with Crippen molar-refractivity contribution in [3.63, 3.8) is 0 Å². The predicted octanol–water partition coefficient (Wildman–Crippen LogP) is 1.84. The van der Waals surface area contributed by atoms with Crippen molar-refractivity contribution < 1.29 is 14.7 Å². The van der Waals surface area contributed by atoms with E-state index in [0.29, 0.717) is 16.4 Å². The summed E-state index contributed by atoms with van der Waals surface area (Å²) in [5.74, 6) is 0.0170. The molecule has 1 aromatic heterocycles. The molecule has 0 bridgehead atoms. The van der Waals surface area contributed by atoms with Gasteiger partial charge in [0.15, 0.2) is 0 Å². The lowest BCUT2D eigenvalue weighted by Crippen LogP contribution is -2.35.